The number of hydrogen-bond donors (Lipinski definition) is 1. The Morgan fingerprint density at radius 3 is 2.73 bits per heavy atom. The molecule has 1 rings (SSSR count). The van der Waals surface area contributed by atoms with Crippen molar-refractivity contribution in [3.63, 3.8) is 0 Å². The van der Waals surface area contributed by atoms with Crippen LogP contribution < -0.4 is 0 Å². The van der Waals surface area contributed by atoms with Gasteiger partial charge in [-0.05, 0) is 25.7 Å². The first-order chi connectivity index (χ1) is 5.07. The van der Waals surface area contributed by atoms with Gasteiger partial charge in [0.15, 0.2) is 0 Å². The summed E-state index contributed by atoms with van der Waals surface area (Å²) in [6, 6.07) is 0. The van der Waals surface area contributed by atoms with Crippen LogP contribution in [-0.2, 0) is 4.79 Å². The van der Waals surface area contributed by atoms with Crippen molar-refractivity contribution < 1.29 is 9.90 Å². The molecule has 0 heterocycles. The number of carboxylic acids is 1. The summed E-state index contributed by atoms with van der Waals surface area (Å²) in [6.45, 7) is 3.78. The van der Waals surface area contributed by atoms with Crippen molar-refractivity contribution in [3.05, 3.63) is 12.2 Å². The van der Waals surface area contributed by atoms with E-state index in [0.29, 0.717) is 0 Å². The Labute approximate surface area is 66.9 Å². The molecule has 11 heavy (non-hydrogen) atoms. The van der Waals surface area contributed by atoms with Crippen LogP contribution in [0.3, 0.4) is 0 Å². The average Bonchev–Trinajstić information content (AvgIpc) is 1.95. The normalized spacial score (nSPS) is 37.1. The quantitative estimate of drug-likeness (QED) is 0.587. The number of aliphatic carboxylic acids is 1. The Bertz CT molecular complexity index is 196. The van der Waals surface area contributed by atoms with Crippen LogP contribution in [0.15, 0.2) is 12.2 Å². The highest BCUT2D eigenvalue weighted by Crippen LogP contribution is 2.36. The molecule has 0 bridgehead atoms. The lowest BCUT2D eigenvalue weighted by atomic mass is 9.72. The second kappa shape index (κ2) is 2.68. The molecule has 0 aromatic rings. The Hall–Kier alpha value is -0.790. The van der Waals surface area contributed by atoms with Crippen molar-refractivity contribution in [3.8, 4) is 0 Å². The summed E-state index contributed by atoms with van der Waals surface area (Å²) < 4.78 is 0. The first-order valence-electron chi connectivity index (χ1n) is 3.98. The van der Waals surface area contributed by atoms with Crippen LogP contribution in [0, 0.1) is 11.3 Å². The lowest BCUT2D eigenvalue weighted by Crippen LogP contribution is -2.34. The second-order valence-electron chi connectivity index (χ2n) is 3.47. The van der Waals surface area contributed by atoms with Gasteiger partial charge in [-0.1, -0.05) is 19.1 Å². The molecule has 2 nitrogen and oxygen atoms in total. The molecule has 1 N–H and O–H groups in total. The summed E-state index contributed by atoms with van der Waals surface area (Å²) in [5.74, 6) is -0.453. The van der Waals surface area contributed by atoms with Gasteiger partial charge in [-0.2, -0.15) is 0 Å². The molecular weight excluding hydrogens is 140 g/mol. The minimum absolute atomic E-state index is 0.255. The van der Waals surface area contributed by atoms with Crippen LogP contribution >= 0.6 is 0 Å². The fourth-order valence-corrected chi connectivity index (χ4v) is 1.42. The van der Waals surface area contributed by atoms with E-state index in [1.807, 2.05) is 19.1 Å². The number of carboxylic acid groups (broad SMARTS) is 1. The highest BCUT2D eigenvalue weighted by atomic mass is 16.4. The van der Waals surface area contributed by atoms with Crippen LogP contribution in [0.4, 0.5) is 0 Å². The van der Waals surface area contributed by atoms with E-state index >= 15 is 0 Å². The fraction of sp³-hybridized carbons (Fsp3) is 0.667. The Kier molecular flexibility index (Phi) is 2.03. The molecule has 1 aliphatic carbocycles. The van der Waals surface area contributed by atoms with Gasteiger partial charge in [0.1, 0.15) is 0 Å². The third-order valence-electron chi connectivity index (χ3n) is 2.71. The number of allylic oxidation sites excluding steroid dienone is 1. The summed E-state index contributed by atoms with van der Waals surface area (Å²) in [4.78, 5) is 10.8. The molecule has 0 aliphatic heterocycles. The molecule has 0 saturated heterocycles. The molecule has 62 valence electrons. The molecule has 2 unspecified atom stereocenters. The molecule has 2 heteroatoms. The summed E-state index contributed by atoms with van der Waals surface area (Å²) in [7, 11) is 0. The Morgan fingerprint density at radius 1 is 1.73 bits per heavy atom. The van der Waals surface area contributed by atoms with Crippen LogP contribution in [0.5, 0.6) is 0 Å². The van der Waals surface area contributed by atoms with Gasteiger partial charge >= 0.3 is 5.97 Å². The standard InChI is InChI=1S/C9H14O2/c1-7-5-3-4-6-9(7,2)8(10)11/h4,6-7H,3,5H2,1-2H3,(H,10,11). The molecule has 0 spiro atoms. The highest BCUT2D eigenvalue weighted by Gasteiger charge is 2.37. The fourth-order valence-electron chi connectivity index (χ4n) is 1.42. The lowest BCUT2D eigenvalue weighted by molar-refractivity contribution is -0.147. The van der Waals surface area contributed by atoms with Gasteiger partial charge in [-0.25, -0.2) is 0 Å². The second-order valence-corrected chi connectivity index (χ2v) is 3.47. The van der Waals surface area contributed by atoms with E-state index in [1.54, 1.807) is 6.92 Å². The van der Waals surface area contributed by atoms with E-state index in [2.05, 4.69) is 0 Å². The molecule has 0 saturated carbocycles. The van der Waals surface area contributed by atoms with Crippen LogP contribution in [0.2, 0.25) is 0 Å². The molecular formula is C9H14O2. The van der Waals surface area contributed by atoms with Gasteiger partial charge in [0, 0.05) is 0 Å². The van der Waals surface area contributed by atoms with Crippen molar-refractivity contribution >= 4 is 5.97 Å². The first-order valence-corrected chi connectivity index (χ1v) is 3.98. The maximum Gasteiger partial charge on any atom is 0.313 e. The minimum Gasteiger partial charge on any atom is -0.481 e. The molecule has 1 aliphatic rings. The third kappa shape index (κ3) is 1.30. The van der Waals surface area contributed by atoms with Crippen molar-refractivity contribution in [1.82, 2.24) is 0 Å². The van der Waals surface area contributed by atoms with Gasteiger partial charge in [0.2, 0.25) is 0 Å². The van der Waals surface area contributed by atoms with Gasteiger partial charge in [0.05, 0.1) is 5.41 Å². The molecule has 2 atom stereocenters. The number of carbonyl (C=O) groups is 1. The van der Waals surface area contributed by atoms with Crippen molar-refractivity contribution in [2.45, 2.75) is 26.7 Å². The van der Waals surface area contributed by atoms with Gasteiger partial charge in [-0.3, -0.25) is 4.79 Å². The predicted octanol–water partition coefficient (Wildman–Crippen LogP) is 2.06. The van der Waals surface area contributed by atoms with E-state index in [0.717, 1.165) is 12.8 Å². The van der Waals surface area contributed by atoms with E-state index in [-0.39, 0.29) is 5.92 Å². The maximum atomic E-state index is 10.8. The summed E-state index contributed by atoms with van der Waals surface area (Å²) in [6.07, 6.45) is 5.79. The lowest BCUT2D eigenvalue weighted by Gasteiger charge is -2.31. The molecule has 0 fully saturated rings. The van der Waals surface area contributed by atoms with E-state index in [1.165, 1.54) is 0 Å². The third-order valence-corrected chi connectivity index (χ3v) is 2.71. The van der Waals surface area contributed by atoms with Gasteiger partial charge in [0.25, 0.3) is 0 Å². The maximum absolute atomic E-state index is 10.8. The Balaban J connectivity index is 2.89. The summed E-state index contributed by atoms with van der Waals surface area (Å²) in [5, 5.41) is 8.92. The topological polar surface area (TPSA) is 37.3 Å². The number of hydrogen-bond acceptors (Lipinski definition) is 1. The zero-order valence-electron chi connectivity index (χ0n) is 7.00. The summed E-state index contributed by atoms with van der Waals surface area (Å²) in [5.41, 5.74) is -0.627. The van der Waals surface area contributed by atoms with Crippen molar-refractivity contribution in [2.24, 2.45) is 11.3 Å². The van der Waals surface area contributed by atoms with Crippen LogP contribution in [-0.4, -0.2) is 11.1 Å². The highest BCUT2D eigenvalue weighted by molar-refractivity contribution is 5.77. The van der Waals surface area contributed by atoms with Crippen LogP contribution in [0.25, 0.3) is 0 Å². The zero-order chi connectivity index (χ0) is 8.48. The zero-order valence-corrected chi connectivity index (χ0v) is 7.00. The number of rotatable bonds is 1. The van der Waals surface area contributed by atoms with Crippen molar-refractivity contribution in [2.75, 3.05) is 0 Å². The Morgan fingerprint density at radius 2 is 2.36 bits per heavy atom. The predicted molar refractivity (Wildman–Crippen MR) is 43.3 cm³/mol. The smallest absolute Gasteiger partial charge is 0.313 e. The summed E-state index contributed by atoms with van der Waals surface area (Å²) >= 11 is 0. The van der Waals surface area contributed by atoms with Crippen LogP contribution in [0.1, 0.15) is 26.7 Å². The monoisotopic (exact) mass is 154 g/mol. The van der Waals surface area contributed by atoms with Gasteiger partial charge < -0.3 is 5.11 Å². The van der Waals surface area contributed by atoms with E-state index < -0.39 is 11.4 Å². The molecule has 0 aromatic heterocycles. The first kappa shape index (κ1) is 8.31. The minimum atomic E-state index is -0.707. The molecule has 0 amide bonds. The molecule has 0 radical (unpaired) electrons. The average molecular weight is 154 g/mol. The molecule has 0 aromatic carbocycles. The SMILES string of the molecule is CC1CCC=CC1(C)C(=O)O. The largest absolute Gasteiger partial charge is 0.481 e. The van der Waals surface area contributed by atoms with E-state index in [4.69, 9.17) is 5.11 Å². The van der Waals surface area contributed by atoms with Crippen molar-refractivity contribution in [1.29, 1.82) is 0 Å². The van der Waals surface area contributed by atoms with E-state index in [9.17, 15) is 4.79 Å². The van der Waals surface area contributed by atoms with Gasteiger partial charge in [-0.15, -0.1) is 0 Å².